The van der Waals surface area contributed by atoms with Crippen molar-refractivity contribution in [1.29, 1.82) is 0 Å². The summed E-state index contributed by atoms with van der Waals surface area (Å²) in [6.07, 6.45) is 0. The van der Waals surface area contributed by atoms with E-state index in [9.17, 15) is 0 Å². The highest BCUT2D eigenvalue weighted by atomic mass is 28.3. The fourth-order valence-electron chi connectivity index (χ4n) is 9.83. The smallest absolute Gasteiger partial charge is 0.179 e. The van der Waals surface area contributed by atoms with Crippen LogP contribution in [0, 0.1) is 6.92 Å². The van der Waals surface area contributed by atoms with Gasteiger partial charge in [-0.05, 0) is 77.2 Å². The maximum atomic E-state index is 5.64. The Bertz CT molecular complexity index is 2720. The molecular weight excluding hydrogens is 791 g/mol. The van der Waals surface area contributed by atoms with Crippen LogP contribution >= 0.6 is 0 Å². The molecular formula is C60H47NSi2. The minimum Gasteiger partial charge on any atom is -0.248 e. The molecule has 0 bridgehead atoms. The first-order valence-electron chi connectivity index (χ1n) is 21.8. The first-order chi connectivity index (χ1) is 31.2. The third-order valence-electron chi connectivity index (χ3n) is 12.7. The van der Waals surface area contributed by atoms with Gasteiger partial charge in [0, 0.05) is 11.1 Å². The summed E-state index contributed by atoms with van der Waals surface area (Å²) in [4.78, 5) is 5.64. The quantitative estimate of drug-likeness (QED) is 0.0937. The Morgan fingerprint density at radius 3 is 0.857 bits per heavy atom. The summed E-state index contributed by atoms with van der Waals surface area (Å²) < 4.78 is 0. The summed E-state index contributed by atoms with van der Waals surface area (Å²) in [7, 11) is -5.55. The van der Waals surface area contributed by atoms with Gasteiger partial charge in [0.15, 0.2) is 16.1 Å². The topological polar surface area (TPSA) is 12.9 Å². The van der Waals surface area contributed by atoms with Crippen molar-refractivity contribution >= 4 is 57.6 Å². The van der Waals surface area contributed by atoms with Crippen LogP contribution in [0.2, 0.25) is 0 Å². The third kappa shape index (κ3) is 7.31. The van der Waals surface area contributed by atoms with E-state index in [0.29, 0.717) is 0 Å². The highest BCUT2D eigenvalue weighted by Crippen LogP contribution is 2.32. The summed E-state index contributed by atoms with van der Waals surface area (Å²) in [5.41, 5.74) is 7.69. The Balaban J connectivity index is 1.21. The number of hydrogen-bond acceptors (Lipinski definition) is 1. The number of aryl methyl sites for hydroxylation is 1. The molecule has 0 saturated carbocycles. The van der Waals surface area contributed by atoms with Gasteiger partial charge in [-0.3, -0.25) is 0 Å². The summed E-state index contributed by atoms with van der Waals surface area (Å²) in [6.45, 7) is 2.20. The molecule has 10 rings (SSSR count). The molecule has 9 aromatic carbocycles. The second-order valence-corrected chi connectivity index (χ2v) is 23.9. The number of nitrogens with zero attached hydrogens (tertiary/aromatic N) is 1. The van der Waals surface area contributed by atoms with Crippen LogP contribution in [-0.2, 0) is 0 Å². The van der Waals surface area contributed by atoms with Crippen LogP contribution in [0.25, 0.3) is 33.6 Å². The lowest BCUT2D eigenvalue weighted by Crippen LogP contribution is -2.74. The highest BCUT2D eigenvalue weighted by molar-refractivity contribution is 7.20. The van der Waals surface area contributed by atoms with Gasteiger partial charge in [-0.2, -0.15) is 0 Å². The van der Waals surface area contributed by atoms with Gasteiger partial charge in [-0.25, -0.2) is 4.98 Å². The van der Waals surface area contributed by atoms with Crippen LogP contribution in [0.3, 0.4) is 0 Å². The van der Waals surface area contributed by atoms with Gasteiger partial charge in [0.2, 0.25) is 0 Å². The number of aromatic nitrogens is 1. The number of pyridine rings is 1. The molecule has 0 saturated heterocycles. The Kier molecular flexibility index (Phi) is 11.0. The van der Waals surface area contributed by atoms with E-state index in [0.717, 1.165) is 28.1 Å². The van der Waals surface area contributed by atoms with Gasteiger partial charge in [-0.1, -0.05) is 255 Å². The molecule has 63 heavy (non-hydrogen) atoms. The third-order valence-corrected chi connectivity index (χ3v) is 22.3. The van der Waals surface area contributed by atoms with Gasteiger partial charge >= 0.3 is 0 Å². The molecule has 0 N–H and O–H groups in total. The largest absolute Gasteiger partial charge is 0.248 e. The Morgan fingerprint density at radius 1 is 0.254 bits per heavy atom. The van der Waals surface area contributed by atoms with Crippen molar-refractivity contribution < 1.29 is 0 Å². The van der Waals surface area contributed by atoms with Crippen molar-refractivity contribution in [2.45, 2.75) is 6.92 Å². The maximum absolute atomic E-state index is 5.64. The van der Waals surface area contributed by atoms with Crippen molar-refractivity contribution in [1.82, 2.24) is 4.98 Å². The van der Waals surface area contributed by atoms with E-state index in [-0.39, 0.29) is 0 Å². The molecule has 0 aliphatic rings. The zero-order valence-electron chi connectivity index (χ0n) is 35.4. The molecule has 0 unspecified atom stereocenters. The van der Waals surface area contributed by atoms with Crippen molar-refractivity contribution in [3.05, 3.63) is 272 Å². The number of rotatable bonds is 11. The van der Waals surface area contributed by atoms with E-state index >= 15 is 0 Å². The Morgan fingerprint density at radius 2 is 0.540 bits per heavy atom. The van der Waals surface area contributed by atoms with Gasteiger partial charge in [0.05, 0.1) is 11.4 Å². The molecule has 300 valence electrons. The maximum Gasteiger partial charge on any atom is 0.179 e. The molecule has 0 amide bonds. The van der Waals surface area contributed by atoms with E-state index in [1.54, 1.807) is 0 Å². The molecule has 0 radical (unpaired) electrons. The van der Waals surface area contributed by atoms with Crippen LogP contribution in [0.5, 0.6) is 0 Å². The lowest BCUT2D eigenvalue weighted by atomic mass is 9.97. The minimum absolute atomic E-state index is 0.952. The second-order valence-electron chi connectivity index (χ2n) is 16.3. The standard InChI is InChI=1S/C60H47NSi2/c1-46-24-20-21-41-58(46)49-44-59(47-25-22-39-56(42-47)62(50-27-8-2-9-28-50,51-29-10-3-11-30-51)52-31-12-4-13-32-52)61-60(45-49)48-26-23-40-57(43-48)63(53-33-14-5-15-34-53,54-35-16-6-17-36-54)55-37-18-7-19-38-55/h2-45H,1H3. The molecule has 0 aliphatic carbocycles. The predicted octanol–water partition coefficient (Wildman–Crippen LogP) is 9.15. The zero-order chi connectivity index (χ0) is 42.5. The molecule has 0 fully saturated rings. The molecule has 0 aliphatic heterocycles. The predicted molar refractivity (Wildman–Crippen MR) is 273 cm³/mol. The number of hydrogen-bond donors (Lipinski definition) is 0. The Hall–Kier alpha value is -7.44. The van der Waals surface area contributed by atoms with Gasteiger partial charge in [-0.15, -0.1) is 0 Å². The minimum atomic E-state index is -2.78. The van der Waals surface area contributed by atoms with E-state index in [1.165, 1.54) is 52.6 Å². The molecule has 0 spiro atoms. The van der Waals surface area contributed by atoms with Gasteiger partial charge in [0.1, 0.15) is 0 Å². The van der Waals surface area contributed by atoms with E-state index in [2.05, 4.69) is 274 Å². The fraction of sp³-hybridized carbons (Fsp3) is 0.0167. The lowest BCUT2D eigenvalue weighted by molar-refractivity contribution is 1.32. The summed E-state index contributed by atoms with van der Waals surface area (Å²) in [6, 6.07) is 98.7. The summed E-state index contributed by atoms with van der Waals surface area (Å²) in [5.74, 6) is 0. The van der Waals surface area contributed by atoms with Gasteiger partial charge in [0.25, 0.3) is 0 Å². The Labute approximate surface area is 373 Å². The van der Waals surface area contributed by atoms with Crippen molar-refractivity contribution in [2.75, 3.05) is 0 Å². The molecule has 1 heterocycles. The fourth-order valence-corrected chi connectivity index (χ4v) is 19.4. The molecule has 3 heteroatoms. The van der Waals surface area contributed by atoms with Crippen LogP contribution in [-0.4, -0.2) is 21.1 Å². The van der Waals surface area contributed by atoms with E-state index < -0.39 is 16.1 Å². The summed E-state index contributed by atoms with van der Waals surface area (Å²) >= 11 is 0. The second kappa shape index (κ2) is 17.5. The molecule has 10 aromatic rings. The van der Waals surface area contributed by atoms with Crippen molar-refractivity contribution in [2.24, 2.45) is 0 Å². The highest BCUT2D eigenvalue weighted by Gasteiger charge is 2.43. The van der Waals surface area contributed by atoms with E-state index in [1.807, 2.05) is 0 Å². The first-order valence-corrected chi connectivity index (χ1v) is 25.8. The monoisotopic (exact) mass is 837 g/mol. The summed E-state index contributed by atoms with van der Waals surface area (Å²) in [5, 5.41) is 10.7. The van der Waals surface area contributed by atoms with Crippen molar-refractivity contribution in [3.8, 4) is 33.6 Å². The molecule has 1 nitrogen and oxygen atoms in total. The lowest BCUT2D eigenvalue weighted by Gasteiger charge is -2.34. The van der Waals surface area contributed by atoms with Crippen LogP contribution in [0.4, 0.5) is 0 Å². The normalized spacial score (nSPS) is 11.6. The van der Waals surface area contributed by atoms with Crippen LogP contribution in [0.15, 0.2) is 267 Å². The van der Waals surface area contributed by atoms with Crippen LogP contribution < -0.4 is 41.5 Å². The molecule has 1 aromatic heterocycles. The van der Waals surface area contributed by atoms with Gasteiger partial charge < -0.3 is 0 Å². The first kappa shape index (κ1) is 39.7. The SMILES string of the molecule is Cc1ccccc1-c1cc(-c2cccc([Si](c3ccccc3)(c3ccccc3)c3ccccc3)c2)nc(-c2cccc([Si](c3ccccc3)(c3ccccc3)c3ccccc3)c2)c1. The number of benzene rings is 9. The zero-order valence-corrected chi connectivity index (χ0v) is 37.4. The average Bonchev–Trinajstić information content (AvgIpc) is 3.37. The van der Waals surface area contributed by atoms with Crippen molar-refractivity contribution in [3.63, 3.8) is 0 Å². The van der Waals surface area contributed by atoms with Crippen LogP contribution in [0.1, 0.15) is 5.56 Å². The average molecular weight is 838 g/mol. The molecule has 0 atom stereocenters. The van der Waals surface area contributed by atoms with E-state index in [4.69, 9.17) is 4.98 Å².